The van der Waals surface area contributed by atoms with Crippen molar-refractivity contribution in [2.45, 2.75) is 0 Å². The minimum absolute atomic E-state index is 0.0824. The van der Waals surface area contributed by atoms with Crippen LogP contribution in [0.3, 0.4) is 0 Å². The second-order valence-corrected chi connectivity index (χ2v) is 5.31. The molecule has 2 aromatic carbocycles. The molecule has 0 fully saturated rings. The van der Waals surface area contributed by atoms with Gasteiger partial charge in [-0.05, 0) is 52.9 Å². The Labute approximate surface area is 133 Å². The van der Waals surface area contributed by atoms with E-state index in [2.05, 4.69) is 10.5 Å². The Bertz CT molecular complexity index is 719. The molecule has 4 N–H and O–H groups in total. The van der Waals surface area contributed by atoms with E-state index in [1.54, 1.807) is 18.2 Å². The number of nitrogens with two attached hydrogens (primary N) is 1. The number of amidine groups is 1. The lowest BCUT2D eigenvalue weighted by Gasteiger charge is -2.08. The van der Waals surface area contributed by atoms with Crippen LogP contribution in [0.15, 0.2) is 47.6 Å². The van der Waals surface area contributed by atoms with Gasteiger partial charge < -0.3 is 16.3 Å². The van der Waals surface area contributed by atoms with Gasteiger partial charge >= 0.3 is 0 Å². The fourth-order valence-corrected chi connectivity index (χ4v) is 2.27. The number of amides is 1. The Morgan fingerprint density at radius 1 is 1.24 bits per heavy atom. The third kappa shape index (κ3) is 3.69. The van der Waals surface area contributed by atoms with Crippen LogP contribution in [-0.2, 0) is 0 Å². The number of carbonyl (C=O) groups excluding carboxylic acids is 1. The van der Waals surface area contributed by atoms with Crippen molar-refractivity contribution in [3.05, 3.63) is 63.0 Å². The van der Waals surface area contributed by atoms with Gasteiger partial charge in [0.2, 0.25) is 0 Å². The van der Waals surface area contributed by atoms with Crippen LogP contribution in [-0.4, -0.2) is 17.0 Å². The molecule has 2 rings (SSSR count). The molecule has 0 aliphatic rings. The molecule has 1 amide bonds. The molecule has 21 heavy (non-hydrogen) atoms. The summed E-state index contributed by atoms with van der Waals surface area (Å²) in [5.74, 6) is -0.820. The van der Waals surface area contributed by atoms with E-state index < -0.39 is 0 Å². The molecule has 108 valence electrons. The zero-order valence-electron chi connectivity index (χ0n) is 10.7. The first-order valence-electron chi connectivity index (χ1n) is 5.85. The van der Waals surface area contributed by atoms with Crippen molar-refractivity contribution in [3.63, 3.8) is 0 Å². The van der Waals surface area contributed by atoms with Crippen molar-refractivity contribution in [1.82, 2.24) is 0 Å². The Morgan fingerprint density at radius 3 is 2.62 bits per heavy atom. The van der Waals surface area contributed by atoms with Crippen molar-refractivity contribution in [1.29, 1.82) is 0 Å². The van der Waals surface area contributed by atoms with Gasteiger partial charge in [-0.15, -0.1) is 0 Å². The van der Waals surface area contributed by atoms with E-state index in [0.717, 1.165) is 0 Å². The Balaban J connectivity index is 2.24. The molecule has 0 saturated carbocycles. The Morgan fingerprint density at radius 2 is 1.95 bits per heavy atom. The van der Waals surface area contributed by atoms with Gasteiger partial charge in [0, 0.05) is 14.7 Å². The van der Waals surface area contributed by atoms with Crippen LogP contribution in [0, 0.1) is 9.39 Å². The first kappa shape index (κ1) is 15.2. The number of benzene rings is 2. The van der Waals surface area contributed by atoms with E-state index in [4.69, 9.17) is 10.9 Å². The fraction of sp³-hybridized carbons (Fsp3) is 0. The summed E-state index contributed by atoms with van der Waals surface area (Å²) in [7, 11) is 0. The Kier molecular flexibility index (Phi) is 4.73. The molecule has 2 aromatic rings. The predicted molar refractivity (Wildman–Crippen MR) is 86.0 cm³/mol. The number of carbonyl (C=O) groups is 1. The van der Waals surface area contributed by atoms with Crippen molar-refractivity contribution in [2.75, 3.05) is 5.32 Å². The largest absolute Gasteiger partial charge is 0.409 e. The van der Waals surface area contributed by atoms with E-state index in [9.17, 15) is 9.18 Å². The third-order valence-electron chi connectivity index (χ3n) is 2.71. The molecule has 0 heterocycles. The quantitative estimate of drug-likeness (QED) is 0.244. The predicted octanol–water partition coefficient (Wildman–Crippen LogP) is 2.78. The normalized spacial score (nSPS) is 11.2. The summed E-state index contributed by atoms with van der Waals surface area (Å²) in [6.45, 7) is 0. The zero-order chi connectivity index (χ0) is 15.4. The second-order valence-electron chi connectivity index (χ2n) is 4.14. The van der Waals surface area contributed by atoms with Crippen molar-refractivity contribution < 1.29 is 14.4 Å². The van der Waals surface area contributed by atoms with Gasteiger partial charge in [0.1, 0.15) is 5.82 Å². The summed E-state index contributed by atoms with van der Waals surface area (Å²) in [4.78, 5) is 12.2. The smallest absolute Gasteiger partial charge is 0.255 e. The molecule has 0 bridgehead atoms. The maximum absolute atomic E-state index is 13.0. The first-order valence-corrected chi connectivity index (χ1v) is 6.93. The molecule has 5 nitrogen and oxygen atoms in total. The number of hydrogen-bond donors (Lipinski definition) is 3. The van der Waals surface area contributed by atoms with Crippen LogP contribution in [0.1, 0.15) is 15.9 Å². The maximum Gasteiger partial charge on any atom is 0.255 e. The van der Waals surface area contributed by atoms with Gasteiger partial charge in [-0.2, -0.15) is 0 Å². The van der Waals surface area contributed by atoms with Crippen molar-refractivity contribution in [3.8, 4) is 0 Å². The summed E-state index contributed by atoms with van der Waals surface area (Å²) in [6.07, 6.45) is 0. The molecule has 0 saturated heterocycles. The summed E-state index contributed by atoms with van der Waals surface area (Å²) < 4.78 is 13.6. The fourth-order valence-electron chi connectivity index (χ4n) is 1.66. The highest BCUT2D eigenvalue weighted by Crippen LogP contribution is 2.20. The molecule has 0 atom stereocenters. The van der Waals surface area contributed by atoms with Crippen LogP contribution in [0.4, 0.5) is 10.1 Å². The van der Waals surface area contributed by atoms with Crippen molar-refractivity contribution >= 4 is 40.0 Å². The summed E-state index contributed by atoms with van der Waals surface area (Å²) in [5.41, 5.74) is 6.77. The average molecular weight is 399 g/mol. The number of nitrogens with one attached hydrogen (secondary N) is 1. The third-order valence-corrected chi connectivity index (χ3v) is 3.60. The molecule has 7 heteroatoms. The standard InChI is InChI=1S/C14H11FIN3O2/c15-10-4-5-12(11(16)7-10)18-14(20)9-3-1-2-8(6-9)13(17)19-21/h1-7,21H,(H2,17,19)(H,18,20). The molecule has 0 unspecified atom stereocenters. The zero-order valence-corrected chi connectivity index (χ0v) is 12.8. The van der Waals surface area contributed by atoms with Gasteiger partial charge in [0.15, 0.2) is 5.84 Å². The SMILES string of the molecule is NC(=NO)c1cccc(C(=O)Nc2ccc(F)cc2I)c1. The van der Waals surface area contributed by atoms with Crippen LogP contribution < -0.4 is 11.1 Å². The van der Waals surface area contributed by atoms with Crippen LogP contribution in [0.2, 0.25) is 0 Å². The summed E-state index contributed by atoms with van der Waals surface area (Å²) in [6, 6.07) is 10.4. The molecule has 0 radical (unpaired) electrons. The summed E-state index contributed by atoms with van der Waals surface area (Å²) >= 11 is 1.94. The first-order chi connectivity index (χ1) is 10.0. The lowest BCUT2D eigenvalue weighted by Crippen LogP contribution is -2.16. The average Bonchev–Trinajstić information content (AvgIpc) is 2.49. The van der Waals surface area contributed by atoms with E-state index in [1.165, 1.54) is 24.3 Å². The topological polar surface area (TPSA) is 87.7 Å². The highest BCUT2D eigenvalue weighted by atomic mass is 127. The van der Waals surface area contributed by atoms with Crippen LogP contribution >= 0.6 is 22.6 Å². The molecule has 0 aromatic heterocycles. The van der Waals surface area contributed by atoms with E-state index in [-0.39, 0.29) is 17.6 Å². The highest BCUT2D eigenvalue weighted by molar-refractivity contribution is 14.1. The number of hydrogen-bond acceptors (Lipinski definition) is 3. The van der Waals surface area contributed by atoms with Gasteiger partial charge in [-0.25, -0.2) is 4.39 Å². The van der Waals surface area contributed by atoms with Crippen molar-refractivity contribution in [2.24, 2.45) is 10.9 Å². The lowest BCUT2D eigenvalue weighted by molar-refractivity contribution is 0.102. The van der Waals surface area contributed by atoms with E-state index in [0.29, 0.717) is 20.4 Å². The van der Waals surface area contributed by atoms with E-state index in [1.807, 2.05) is 22.6 Å². The van der Waals surface area contributed by atoms with E-state index >= 15 is 0 Å². The Hall–Kier alpha value is -2.16. The lowest BCUT2D eigenvalue weighted by atomic mass is 10.1. The van der Waals surface area contributed by atoms with Gasteiger partial charge in [0.05, 0.1) is 5.69 Å². The van der Waals surface area contributed by atoms with Gasteiger partial charge in [-0.3, -0.25) is 4.79 Å². The highest BCUT2D eigenvalue weighted by Gasteiger charge is 2.10. The van der Waals surface area contributed by atoms with Crippen LogP contribution in [0.25, 0.3) is 0 Å². The minimum Gasteiger partial charge on any atom is -0.409 e. The number of halogens is 2. The number of anilines is 1. The minimum atomic E-state index is -0.369. The van der Waals surface area contributed by atoms with Crippen LogP contribution in [0.5, 0.6) is 0 Å². The monoisotopic (exact) mass is 399 g/mol. The molecule has 0 aliphatic heterocycles. The molecule has 0 aliphatic carbocycles. The van der Waals surface area contributed by atoms with Gasteiger partial charge in [0.25, 0.3) is 5.91 Å². The maximum atomic E-state index is 13.0. The second kappa shape index (κ2) is 6.53. The number of rotatable bonds is 3. The summed E-state index contributed by atoms with van der Waals surface area (Å²) in [5, 5.41) is 14.2. The molecular formula is C14H11FIN3O2. The molecule has 0 spiro atoms. The van der Waals surface area contributed by atoms with Gasteiger partial charge in [-0.1, -0.05) is 17.3 Å². The number of oxime groups is 1. The molecular weight excluding hydrogens is 388 g/mol. The number of nitrogens with zero attached hydrogens (tertiary/aromatic N) is 1.